The van der Waals surface area contributed by atoms with Crippen molar-refractivity contribution in [3.63, 3.8) is 0 Å². The molecule has 0 radical (unpaired) electrons. The van der Waals surface area contributed by atoms with Crippen LogP contribution in [0.1, 0.15) is 18.4 Å². The predicted molar refractivity (Wildman–Crippen MR) is 97.9 cm³/mol. The molecular weight excluding hydrogens is 294 g/mol. The highest BCUT2D eigenvalue weighted by Gasteiger charge is 2.25. The smallest absolute Gasteiger partial charge is 0.113 e. The van der Waals surface area contributed by atoms with Gasteiger partial charge in [0.2, 0.25) is 0 Å². The minimum absolute atomic E-state index is 0.807. The first-order valence-electron chi connectivity index (χ1n) is 8.61. The molecule has 1 aromatic carbocycles. The van der Waals surface area contributed by atoms with Crippen molar-refractivity contribution in [2.75, 3.05) is 0 Å². The van der Waals surface area contributed by atoms with E-state index in [1.165, 1.54) is 40.2 Å². The molecule has 1 aliphatic carbocycles. The highest BCUT2D eigenvalue weighted by molar-refractivity contribution is 6.11. The predicted octanol–water partition coefficient (Wildman–Crippen LogP) is 4.97. The average molecular weight is 313 g/mol. The molecule has 1 saturated carbocycles. The van der Waals surface area contributed by atoms with Crippen LogP contribution < -0.4 is 0 Å². The van der Waals surface area contributed by atoms with E-state index < -0.39 is 0 Å². The summed E-state index contributed by atoms with van der Waals surface area (Å²) >= 11 is 0. The molecular formula is C21H19N3. The molecule has 3 heteroatoms. The minimum atomic E-state index is 0.807. The molecule has 24 heavy (non-hydrogen) atoms. The molecule has 1 aliphatic rings. The molecule has 0 bridgehead atoms. The van der Waals surface area contributed by atoms with Gasteiger partial charge in [0, 0.05) is 35.2 Å². The summed E-state index contributed by atoms with van der Waals surface area (Å²) in [5, 5.41) is 2.59. The third kappa shape index (κ3) is 2.04. The molecule has 118 valence electrons. The zero-order valence-corrected chi connectivity index (χ0v) is 13.7. The van der Waals surface area contributed by atoms with Gasteiger partial charge in [0.15, 0.2) is 0 Å². The number of benzene rings is 1. The van der Waals surface area contributed by atoms with Crippen molar-refractivity contribution in [3.05, 3.63) is 60.4 Å². The van der Waals surface area contributed by atoms with E-state index in [2.05, 4.69) is 52.9 Å². The van der Waals surface area contributed by atoms with E-state index in [0.29, 0.717) is 0 Å². The van der Waals surface area contributed by atoms with Gasteiger partial charge >= 0.3 is 0 Å². The molecule has 0 spiro atoms. The molecule has 1 fully saturated rings. The number of pyridine rings is 2. The second-order valence-corrected chi connectivity index (χ2v) is 6.80. The topological polar surface area (TPSA) is 30.7 Å². The van der Waals surface area contributed by atoms with Crippen LogP contribution in [0.4, 0.5) is 0 Å². The molecule has 3 nitrogen and oxygen atoms in total. The van der Waals surface area contributed by atoms with Gasteiger partial charge in [0.25, 0.3) is 0 Å². The first-order chi connectivity index (χ1) is 11.8. The van der Waals surface area contributed by atoms with Crippen LogP contribution in [0.25, 0.3) is 33.2 Å². The fraction of sp³-hybridized carbons (Fsp3) is 0.238. The quantitative estimate of drug-likeness (QED) is 0.534. The summed E-state index contributed by atoms with van der Waals surface area (Å²) in [6.07, 6.45) is 6.45. The third-order valence-electron chi connectivity index (χ3n) is 5.05. The third-order valence-corrected chi connectivity index (χ3v) is 5.05. The minimum Gasteiger partial charge on any atom is -0.338 e. The molecule has 0 aliphatic heterocycles. The van der Waals surface area contributed by atoms with Crippen LogP contribution in [-0.4, -0.2) is 14.5 Å². The van der Waals surface area contributed by atoms with Crippen LogP contribution in [0.2, 0.25) is 0 Å². The second-order valence-electron chi connectivity index (χ2n) is 6.80. The van der Waals surface area contributed by atoms with Crippen molar-refractivity contribution >= 4 is 21.8 Å². The highest BCUT2D eigenvalue weighted by atomic mass is 15.0. The summed E-state index contributed by atoms with van der Waals surface area (Å²) in [6, 6.07) is 14.9. The lowest BCUT2D eigenvalue weighted by Gasteiger charge is -2.10. The van der Waals surface area contributed by atoms with E-state index in [9.17, 15) is 0 Å². The maximum atomic E-state index is 4.74. The van der Waals surface area contributed by atoms with E-state index in [0.717, 1.165) is 23.9 Å². The van der Waals surface area contributed by atoms with Gasteiger partial charge in [-0.1, -0.05) is 24.3 Å². The SMILES string of the molecule is Cc1cccnc1-c1nccc2c3ccccc3n(CC3CC3)c12. The van der Waals surface area contributed by atoms with Crippen molar-refractivity contribution in [1.29, 1.82) is 0 Å². The molecule has 3 heterocycles. The zero-order valence-electron chi connectivity index (χ0n) is 13.7. The first-order valence-corrected chi connectivity index (χ1v) is 8.61. The monoisotopic (exact) mass is 313 g/mol. The lowest BCUT2D eigenvalue weighted by Crippen LogP contribution is -2.02. The Labute approximate surface area is 141 Å². The lowest BCUT2D eigenvalue weighted by atomic mass is 10.1. The Morgan fingerprint density at radius 1 is 0.917 bits per heavy atom. The first kappa shape index (κ1) is 13.7. The number of nitrogens with zero attached hydrogens (tertiary/aromatic N) is 3. The summed E-state index contributed by atoms with van der Waals surface area (Å²) < 4.78 is 2.47. The van der Waals surface area contributed by atoms with Gasteiger partial charge in [0.1, 0.15) is 5.69 Å². The number of hydrogen-bond acceptors (Lipinski definition) is 2. The Hall–Kier alpha value is -2.68. The zero-order chi connectivity index (χ0) is 16.1. The Morgan fingerprint density at radius 2 is 1.75 bits per heavy atom. The van der Waals surface area contributed by atoms with E-state index in [-0.39, 0.29) is 0 Å². The Kier molecular flexibility index (Phi) is 2.96. The Bertz CT molecular complexity index is 1060. The largest absolute Gasteiger partial charge is 0.338 e. The normalized spacial score (nSPS) is 14.5. The molecule has 4 aromatic rings. The number of aromatic nitrogens is 3. The average Bonchev–Trinajstić information content (AvgIpc) is 3.38. The van der Waals surface area contributed by atoms with Crippen LogP contribution >= 0.6 is 0 Å². The van der Waals surface area contributed by atoms with Crippen LogP contribution in [0.15, 0.2) is 54.9 Å². The van der Waals surface area contributed by atoms with Gasteiger partial charge in [-0.2, -0.15) is 0 Å². The van der Waals surface area contributed by atoms with E-state index >= 15 is 0 Å². The fourth-order valence-corrected chi connectivity index (χ4v) is 3.66. The molecule has 0 N–H and O–H groups in total. The Morgan fingerprint density at radius 3 is 2.58 bits per heavy atom. The number of hydrogen-bond donors (Lipinski definition) is 0. The van der Waals surface area contributed by atoms with Crippen molar-refractivity contribution in [3.8, 4) is 11.4 Å². The molecule has 0 atom stereocenters. The maximum Gasteiger partial charge on any atom is 0.113 e. The van der Waals surface area contributed by atoms with Crippen LogP contribution in [0, 0.1) is 12.8 Å². The summed E-state index contributed by atoms with van der Waals surface area (Å²) in [5.41, 5.74) is 5.70. The summed E-state index contributed by atoms with van der Waals surface area (Å²) in [5.74, 6) is 0.807. The molecule has 0 saturated heterocycles. The van der Waals surface area contributed by atoms with Gasteiger partial charge in [-0.15, -0.1) is 0 Å². The highest BCUT2D eigenvalue weighted by Crippen LogP contribution is 2.38. The molecule has 0 amide bonds. The van der Waals surface area contributed by atoms with Crippen molar-refractivity contribution < 1.29 is 0 Å². The van der Waals surface area contributed by atoms with Gasteiger partial charge in [-0.25, -0.2) is 0 Å². The number of fused-ring (bicyclic) bond motifs is 3. The number of aryl methyl sites for hydroxylation is 1. The van der Waals surface area contributed by atoms with Gasteiger partial charge in [0.05, 0.1) is 11.2 Å². The Balaban J connectivity index is 1.90. The van der Waals surface area contributed by atoms with Gasteiger partial charge < -0.3 is 4.57 Å². The van der Waals surface area contributed by atoms with Crippen LogP contribution in [-0.2, 0) is 6.54 Å². The van der Waals surface area contributed by atoms with Crippen molar-refractivity contribution in [2.45, 2.75) is 26.3 Å². The van der Waals surface area contributed by atoms with E-state index in [1.54, 1.807) is 0 Å². The van der Waals surface area contributed by atoms with Crippen LogP contribution in [0.3, 0.4) is 0 Å². The van der Waals surface area contributed by atoms with E-state index in [4.69, 9.17) is 4.98 Å². The number of rotatable bonds is 3. The van der Waals surface area contributed by atoms with E-state index in [1.807, 2.05) is 18.5 Å². The summed E-state index contributed by atoms with van der Waals surface area (Å²) in [6.45, 7) is 3.19. The summed E-state index contributed by atoms with van der Waals surface area (Å²) in [4.78, 5) is 9.37. The second kappa shape index (κ2) is 5.17. The molecule has 3 aromatic heterocycles. The van der Waals surface area contributed by atoms with Crippen LogP contribution in [0.5, 0.6) is 0 Å². The fourth-order valence-electron chi connectivity index (χ4n) is 3.66. The summed E-state index contributed by atoms with van der Waals surface area (Å²) in [7, 11) is 0. The van der Waals surface area contributed by atoms with Gasteiger partial charge in [-0.05, 0) is 49.4 Å². The number of para-hydroxylation sites is 1. The van der Waals surface area contributed by atoms with Gasteiger partial charge in [-0.3, -0.25) is 9.97 Å². The molecule has 0 unspecified atom stereocenters. The van der Waals surface area contributed by atoms with Crippen molar-refractivity contribution in [2.24, 2.45) is 5.92 Å². The molecule has 5 rings (SSSR count). The van der Waals surface area contributed by atoms with Crippen molar-refractivity contribution in [1.82, 2.24) is 14.5 Å². The maximum absolute atomic E-state index is 4.74. The lowest BCUT2D eigenvalue weighted by molar-refractivity contribution is 0.664. The standard InChI is InChI=1S/C21H19N3/c1-14-5-4-11-22-19(14)20-21-17(10-12-23-20)16-6-2-3-7-18(16)24(21)13-15-8-9-15/h2-7,10-12,15H,8-9,13H2,1H3.